The zero-order chi connectivity index (χ0) is 9.99. The van der Waals surface area contributed by atoms with E-state index in [9.17, 15) is 16.8 Å². The third kappa shape index (κ3) is 3.48. The van der Waals surface area contributed by atoms with Crippen LogP contribution in [0.4, 0.5) is 0 Å². The summed E-state index contributed by atoms with van der Waals surface area (Å²) in [6, 6.07) is 0. The fourth-order valence-corrected chi connectivity index (χ4v) is 3.02. The van der Waals surface area contributed by atoms with E-state index in [1.165, 1.54) is 14.1 Å². The van der Waals surface area contributed by atoms with Gasteiger partial charge in [0.05, 0.1) is 7.11 Å². The van der Waals surface area contributed by atoms with Crippen molar-refractivity contribution in [3.05, 3.63) is 0 Å². The smallest absolute Gasteiger partial charge is 0.273 e. The first-order valence-corrected chi connectivity index (χ1v) is 6.08. The number of hydrogen-bond donors (Lipinski definition) is 0. The summed E-state index contributed by atoms with van der Waals surface area (Å²) >= 11 is 0. The van der Waals surface area contributed by atoms with Crippen LogP contribution in [0.15, 0.2) is 0 Å². The molecule has 0 aliphatic carbocycles. The Morgan fingerprint density at radius 3 is 1.83 bits per heavy atom. The summed E-state index contributed by atoms with van der Waals surface area (Å²) < 4.78 is 48.1. The summed E-state index contributed by atoms with van der Waals surface area (Å²) in [6.45, 7) is 0. The van der Waals surface area contributed by atoms with Crippen LogP contribution in [0, 0.1) is 0 Å². The Morgan fingerprint density at radius 1 is 1.17 bits per heavy atom. The van der Waals surface area contributed by atoms with Crippen molar-refractivity contribution in [2.45, 2.75) is 0 Å². The van der Waals surface area contributed by atoms with E-state index in [1.54, 1.807) is 0 Å². The molecule has 0 aliphatic rings. The van der Waals surface area contributed by atoms with E-state index in [0.29, 0.717) is 0 Å². The molecule has 0 N–H and O–H groups in total. The lowest BCUT2D eigenvalue weighted by Gasteiger charge is -2.09. The second-order valence-electron chi connectivity index (χ2n) is 2.24. The molecule has 0 heterocycles. The standard InChI is InChI=1S/C4H11NO5S2/c1-5(2)11(6,7)4-12(8,9)10-3/h4H2,1-3H3. The van der Waals surface area contributed by atoms with Gasteiger partial charge in [-0.2, -0.15) is 8.42 Å². The summed E-state index contributed by atoms with van der Waals surface area (Å²) in [5, 5.41) is -1.02. The SMILES string of the molecule is COS(=O)(=O)CS(=O)(=O)N(C)C. The molecule has 6 nitrogen and oxygen atoms in total. The van der Waals surface area contributed by atoms with Gasteiger partial charge in [-0.15, -0.1) is 0 Å². The van der Waals surface area contributed by atoms with E-state index in [-0.39, 0.29) is 0 Å². The second-order valence-corrected chi connectivity index (χ2v) is 6.52. The third-order valence-electron chi connectivity index (χ3n) is 1.10. The van der Waals surface area contributed by atoms with Gasteiger partial charge in [0.1, 0.15) is 0 Å². The lowest BCUT2D eigenvalue weighted by molar-refractivity contribution is 0.400. The maximum Gasteiger partial charge on any atom is 0.283 e. The lowest BCUT2D eigenvalue weighted by Crippen LogP contribution is -2.29. The monoisotopic (exact) mass is 217 g/mol. The Balaban J connectivity index is 4.71. The molecule has 0 rings (SSSR count). The lowest BCUT2D eigenvalue weighted by atomic mass is 11.3. The van der Waals surface area contributed by atoms with E-state index in [0.717, 1.165) is 11.4 Å². The second kappa shape index (κ2) is 3.69. The third-order valence-corrected chi connectivity index (χ3v) is 5.07. The molecular weight excluding hydrogens is 206 g/mol. The van der Waals surface area contributed by atoms with Gasteiger partial charge in [0.2, 0.25) is 10.0 Å². The normalized spacial score (nSPS) is 13.7. The quantitative estimate of drug-likeness (QED) is 0.553. The molecule has 74 valence electrons. The number of rotatable bonds is 4. The Hall–Kier alpha value is -0.180. The molecule has 0 atom stereocenters. The van der Waals surface area contributed by atoms with Crippen molar-refractivity contribution in [2.75, 3.05) is 26.3 Å². The zero-order valence-corrected chi connectivity index (χ0v) is 8.65. The van der Waals surface area contributed by atoms with E-state index in [1.807, 2.05) is 0 Å². The molecule has 12 heavy (non-hydrogen) atoms. The molecule has 0 unspecified atom stereocenters. The Morgan fingerprint density at radius 2 is 1.58 bits per heavy atom. The molecular formula is C4H11NO5S2. The van der Waals surface area contributed by atoms with Gasteiger partial charge in [0.25, 0.3) is 10.1 Å². The average Bonchev–Trinajstić information content (AvgIpc) is 1.85. The molecule has 0 radical (unpaired) electrons. The Labute approximate surface area is 72.3 Å². The van der Waals surface area contributed by atoms with Crippen LogP contribution in [0.2, 0.25) is 0 Å². The first kappa shape index (κ1) is 11.8. The van der Waals surface area contributed by atoms with Gasteiger partial charge in [-0.05, 0) is 0 Å². The van der Waals surface area contributed by atoms with Crippen LogP contribution in [-0.2, 0) is 24.3 Å². The molecule has 8 heteroatoms. The first-order valence-electron chi connectivity index (χ1n) is 2.90. The largest absolute Gasteiger partial charge is 0.283 e. The highest BCUT2D eigenvalue weighted by Gasteiger charge is 2.23. The summed E-state index contributed by atoms with van der Waals surface area (Å²) in [7, 11) is -4.28. The van der Waals surface area contributed by atoms with Crippen LogP contribution in [0.25, 0.3) is 0 Å². The van der Waals surface area contributed by atoms with Gasteiger partial charge < -0.3 is 0 Å². The van der Waals surface area contributed by atoms with E-state index >= 15 is 0 Å². The Kier molecular flexibility index (Phi) is 3.63. The van der Waals surface area contributed by atoms with Crippen molar-refractivity contribution in [1.82, 2.24) is 4.31 Å². The molecule has 0 spiro atoms. The van der Waals surface area contributed by atoms with Crippen LogP contribution < -0.4 is 0 Å². The molecule has 0 aromatic carbocycles. The van der Waals surface area contributed by atoms with Crippen molar-refractivity contribution in [1.29, 1.82) is 0 Å². The summed E-state index contributed by atoms with van der Waals surface area (Å²) in [5.74, 6) is 0. The van der Waals surface area contributed by atoms with E-state index in [2.05, 4.69) is 4.18 Å². The van der Waals surface area contributed by atoms with Gasteiger partial charge in [-0.1, -0.05) is 0 Å². The minimum atomic E-state index is -3.95. The first-order chi connectivity index (χ1) is 5.21. The molecule has 0 fully saturated rings. The topological polar surface area (TPSA) is 80.8 Å². The molecule has 0 aliphatic heterocycles. The molecule has 0 saturated heterocycles. The number of sulfonamides is 1. The minimum absolute atomic E-state index is 0.823. The number of nitrogens with zero attached hydrogens (tertiary/aromatic N) is 1. The van der Waals surface area contributed by atoms with Gasteiger partial charge >= 0.3 is 0 Å². The molecule has 0 saturated carbocycles. The van der Waals surface area contributed by atoms with E-state index in [4.69, 9.17) is 0 Å². The molecule has 0 aromatic rings. The van der Waals surface area contributed by atoms with Crippen molar-refractivity contribution >= 4 is 20.1 Å². The van der Waals surface area contributed by atoms with Crippen LogP contribution in [0.3, 0.4) is 0 Å². The Bertz CT molecular complexity index is 326. The fraction of sp³-hybridized carbons (Fsp3) is 1.00. The molecule has 0 bridgehead atoms. The number of hydrogen-bond acceptors (Lipinski definition) is 5. The van der Waals surface area contributed by atoms with Gasteiger partial charge in [-0.3, -0.25) is 4.18 Å². The average molecular weight is 217 g/mol. The van der Waals surface area contributed by atoms with E-state index < -0.39 is 25.2 Å². The van der Waals surface area contributed by atoms with Crippen LogP contribution in [-0.4, -0.2) is 47.4 Å². The fourth-order valence-electron chi connectivity index (χ4n) is 0.336. The highest BCUT2D eigenvalue weighted by atomic mass is 32.3. The van der Waals surface area contributed by atoms with Crippen molar-refractivity contribution < 1.29 is 21.0 Å². The summed E-state index contributed by atoms with van der Waals surface area (Å²) in [4.78, 5) is 0. The van der Waals surface area contributed by atoms with Crippen molar-refractivity contribution in [2.24, 2.45) is 0 Å². The van der Waals surface area contributed by atoms with Gasteiger partial charge in [0.15, 0.2) is 5.08 Å². The predicted octanol–water partition coefficient (Wildman–Crippen LogP) is -1.19. The highest BCUT2D eigenvalue weighted by molar-refractivity contribution is 8.04. The summed E-state index contributed by atoms with van der Waals surface area (Å²) in [5.41, 5.74) is 0. The molecule has 0 amide bonds. The van der Waals surface area contributed by atoms with Crippen LogP contribution in [0.5, 0.6) is 0 Å². The zero-order valence-electron chi connectivity index (χ0n) is 7.01. The maximum atomic E-state index is 11.0. The molecule has 0 aromatic heterocycles. The predicted molar refractivity (Wildman–Crippen MR) is 43.4 cm³/mol. The van der Waals surface area contributed by atoms with Crippen LogP contribution in [0.1, 0.15) is 0 Å². The maximum absolute atomic E-state index is 11.0. The van der Waals surface area contributed by atoms with Crippen LogP contribution >= 0.6 is 0 Å². The highest BCUT2D eigenvalue weighted by Crippen LogP contribution is 2.01. The van der Waals surface area contributed by atoms with Crippen molar-refractivity contribution in [3.63, 3.8) is 0 Å². The summed E-state index contributed by atoms with van der Waals surface area (Å²) in [6.07, 6.45) is 0. The minimum Gasteiger partial charge on any atom is -0.273 e. The van der Waals surface area contributed by atoms with Gasteiger partial charge in [0, 0.05) is 14.1 Å². The van der Waals surface area contributed by atoms with Crippen molar-refractivity contribution in [3.8, 4) is 0 Å². The van der Waals surface area contributed by atoms with Gasteiger partial charge in [-0.25, -0.2) is 12.7 Å².